The second kappa shape index (κ2) is 8.07. The number of nitrogens with zero attached hydrogens (tertiary/aromatic N) is 5. The SMILES string of the molecule is Cn1cc(C(=O)Nc2ccc(N3CCN(c4ccc(C#N)cc4)CC3)cc2)cn1. The zero-order valence-electron chi connectivity index (χ0n) is 16.2. The van der Waals surface area contributed by atoms with Gasteiger partial charge in [0, 0.05) is 56.5 Å². The van der Waals surface area contributed by atoms with Gasteiger partial charge in [-0.2, -0.15) is 10.4 Å². The Morgan fingerprint density at radius 1 is 0.966 bits per heavy atom. The van der Waals surface area contributed by atoms with Crippen LogP contribution in [0.1, 0.15) is 15.9 Å². The lowest BCUT2D eigenvalue weighted by Gasteiger charge is -2.37. The highest BCUT2D eigenvalue weighted by atomic mass is 16.1. The van der Waals surface area contributed by atoms with Gasteiger partial charge in [-0.25, -0.2) is 0 Å². The lowest BCUT2D eigenvalue weighted by molar-refractivity contribution is 0.102. The number of hydrogen-bond donors (Lipinski definition) is 1. The van der Waals surface area contributed by atoms with Crippen molar-refractivity contribution in [2.75, 3.05) is 41.3 Å². The fourth-order valence-electron chi connectivity index (χ4n) is 3.47. The number of nitriles is 1. The molecule has 146 valence electrons. The van der Waals surface area contributed by atoms with Crippen LogP contribution in [0.4, 0.5) is 17.1 Å². The Morgan fingerprint density at radius 2 is 1.52 bits per heavy atom. The number of amides is 1. The van der Waals surface area contributed by atoms with E-state index in [0.717, 1.165) is 43.2 Å². The molecule has 0 aliphatic carbocycles. The van der Waals surface area contributed by atoms with Gasteiger partial charge >= 0.3 is 0 Å². The summed E-state index contributed by atoms with van der Waals surface area (Å²) in [6.45, 7) is 3.68. The van der Waals surface area contributed by atoms with Crippen molar-refractivity contribution in [3.05, 3.63) is 72.1 Å². The first-order chi connectivity index (χ1) is 14.1. The number of aryl methyl sites for hydroxylation is 1. The summed E-state index contributed by atoms with van der Waals surface area (Å²) in [6, 6.07) is 17.8. The van der Waals surface area contributed by atoms with E-state index in [4.69, 9.17) is 5.26 Å². The number of anilines is 3. The third-order valence-electron chi connectivity index (χ3n) is 5.10. The van der Waals surface area contributed by atoms with Gasteiger partial charge in [-0.15, -0.1) is 0 Å². The summed E-state index contributed by atoms with van der Waals surface area (Å²) in [4.78, 5) is 16.9. The van der Waals surface area contributed by atoms with Crippen molar-refractivity contribution in [1.82, 2.24) is 9.78 Å². The minimum atomic E-state index is -0.165. The number of carbonyl (C=O) groups is 1. The molecule has 0 spiro atoms. The summed E-state index contributed by atoms with van der Waals surface area (Å²) in [6.07, 6.45) is 3.24. The Bertz CT molecular complexity index is 1020. The second-order valence-corrected chi connectivity index (χ2v) is 7.04. The lowest BCUT2D eigenvalue weighted by atomic mass is 10.2. The van der Waals surface area contributed by atoms with Crippen molar-refractivity contribution in [3.63, 3.8) is 0 Å². The van der Waals surface area contributed by atoms with Gasteiger partial charge in [0.05, 0.1) is 23.4 Å². The molecule has 1 fully saturated rings. The van der Waals surface area contributed by atoms with Crippen LogP contribution < -0.4 is 15.1 Å². The van der Waals surface area contributed by atoms with E-state index in [0.29, 0.717) is 11.1 Å². The van der Waals surface area contributed by atoms with Crippen LogP contribution in [0.5, 0.6) is 0 Å². The Labute approximate surface area is 169 Å². The first-order valence-electron chi connectivity index (χ1n) is 9.52. The molecular formula is C22H22N6O. The highest BCUT2D eigenvalue weighted by molar-refractivity contribution is 6.04. The van der Waals surface area contributed by atoms with E-state index in [1.165, 1.54) is 0 Å². The van der Waals surface area contributed by atoms with Crippen molar-refractivity contribution >= 4 is 23.0 Å². The molecule has 7 heteroatoms. The monoisotopic (exact) mass is 386 g/mol. The predicted octanol–water partition coefficient (Wildman–Crippen LogP) is 2.87. The van der Waals surface area contributed by atoms with Gasteiger partial charge in [0.15, 0.2) is 0 Å². The van der Waals surface area contributed by atoms with E-state index >= 15 is 0 Å². The quantitative estimate of drug-likeness (QED) is 0.746. The molecule has 0 bridgehead atoms. The third kappa shape index (κ3) is 4.22. The number of carbonyl (C=O) groups excluding carboxylic acids is 1. The molecule has 3 aromatic rings. The fraction of sp³-hybridized carbons (Fsp3) is 0.227. The molecule has 0 unspecified atom stereocenters. The van der Waals surface area contributed by atoms with Gasteiger partial charge < -0.3 is 15.1 Å². The third-order valence-corrected chi connectivity index (χ3v) is 5.10. The van der Waals surface area contributed by atoms with Crippen LogP contribution in [0.25, 0.3) is 0 Å². The van der Waals surface area contributed by atoms with E-state index < -0.39 is 0 Å². The fourth-order valence-corrected chi connectivity index (χ4v) is 3.47. The van der Waals surface area contributed by atoms with Crippen molar-refractivity contribution < 1.29 is 4.79 Å². The highest BCUT2D eigenvalue weighted by Crippen LogP contribution is 2.22. The van der Waals surface area contributed by atoms with Crippen molar-refractivity contribution in [3.8, 4) is 6.07 Å². The molecule has 1 aliphatic rings. The van der Waals surface area contributed by atoms with Gasteiger partial charge in [-0.05, 0) is 48.5 Å². The number of rotatable bonds is 4. The minimum absolute atomic E-state index is 0.165. The number of benzene rings is 2. The maximum atomic E-state index is 12.2. The maximum absolute atomic E-state index is 12.2. The molecule has 0 radical (unpaired) electrons. The molecule has 0 saturated carbocycles. The van der Waals surface area contributed by atoms with Crippen LogP contribution in [0, 0.1) is 11.3 Å². The van der Waals surface area contributed by atoms with Crippen molar-refractivity contribution in [2.24, 2.45) is 7.05 Å². The first-order valence-corrected chi connectivity index (χ1v) is 9.52. The number of hydrogen-bond acceptors (Lipinski definition) is 5. The van der Waals surface area contributed by atoms with Crippen molar-refractivity contribution in [1.29, 1.82) is 5.26 Å². The summed E-state index contributed by atoms with van der Waals surface area (Å²) in [5.41, 5.74) is 4.28. The number of piperazine rings is 1. The molecule has 1 aromatic heterocycles. The zero-order valence-corrected chi connectivity index (χ0v) is 16.2. The molecule has 0 atom stereocenters. The van der Waals surface area contributed by atoms with Gasteiger partial charge in [0.1, 0.15) is 0 Å². The summed E-state index contributed by atoms with van der Waals surface area (Å²) < 4.78 is 1.61. The average Bonchev–Trinajstić information content (AvgIpc) is 3.21. The molecule has 7 nitrogen and oxygen atoms in total. The van der Waals surface area contributed by atoms with Crippen LogP contribution in [0.3, 0.4) is 0 Å². The smallest absolute Gasteiger partial charge is 0.258 e. The van der Waals surface area contributed by atoms with E-state index in [-0.39, 0.29) is 5.91 Å². The van der Waals surface area contributed by atoms with E-state index in [9.17, 15) is 4.79 Å². The van der Waals surface area contributed by atoms with Crippen LogP contribution in [0.2, 0.25) is 0 Å². The molecule has 1 N–H and O–H groups in total. The molecule has 29 heavy (non-hydrogen) atoms. The summed E-state index contributed by atoms with van der Waals surface area (Å²) in [7, 11) is 1.78. The molecule has 4 rings (SSSR count). The summed E-state index contributed by atoms with van der Waals surface area (Å²) in [5.74, 6) is -0.165. The second-order valence-electron chi connectivity index (χ2n) is 7.04. The Hall–Kier alpha value is -3.79. The average molecular weight is 386 g/mol. The molecule has 2 heterocycles. The van der Waals surface area contributed by atoms with Gasteiger partial charge in [0.2, 0.25) is 0 Å². The minimum Gasteiger partial charge on any atom is -0.368 e. The van der Waals surface area contributed by atoms with Crippen molar-refractivity contribution in [2.45, 2.75) is 0 Å². The molecular weight excluding hydrogens is 364 g/mol. The van der Waals surface area contributed by atoms with Crippen LogP contribution in [-0.2, 0) is 7.05 Å². The predicted molar refractivity (Wildman–Crippen MR) is 113 cm³/mol. The van der Waals surface area contributed by atoms with E-state index in [2.05, 4.69) is 26.3 Å². The van der Waals surface area contributed by atoms with E-state index in [1.54, 1.807) is 24.1 Å². The molecule has 1 aliphatic heterocycles. The number of aromatic nitrogens is 2. The maximum Gasteiger partial charge on any atom is 0.258 e. The standard InChI is InChI=1S/C22H22N6O/c1-26-16-18(15-24-26)22(29)25-19-4-8-21(9-5-19)28-12-10-27(11-13-28)20-6-2-17(14-23)3-7-20/h2-9,15-16H,10-13H2,1H3,(H,25,29). The van der Waals surface area contributed by atoms with Crippen LogP contribution in [0.15, 0.2) is 60.9 Å². The molecule has 1 amide bonds. The largest absolute Gasteiger partial charge is 0.368 e. The van der Waals surface area contributed by atoms with Gasteiger partial charge in [-0.3, -0.25) is 9.48 Å². The first kappa shape index (κ1) is 18.6. The molecule has 1 saturated heterocycles. The Balaban J connectivity index is 1.34. The summed E-state index contributed by atoms with van der Waals surface area (Å²) >= 11 is 0. The Kier molecular flexibility index (Phi) is 5.16. The normalized spacial score (nSPS) is 13.8. The topological polar surface area (TPSA) is 77.2 Å². The highest BCUT2D eigenvalue weighted by Gasteiger charge is 2.18. The molecule has 2 aromatic carbocycles. The lowest BCUT2D eigenvalue weighted by Crippen LogP contribution is -2.46. The Morgan fingerprint density at radius 3 is 2.00 bits per heavy atom. The number of nitrogens with one attached hydrogen (secondary N) is 1. The van der Waals surface area contributed by atoms with E-state index in [1.807, 2.05) is 48.5 Å². The van der Waals surface area contributed by atoms with Gasteiger partial charge in [-0.1, -0.05) is 0 Å². The van der Waals surface area contributed by atoms with Crippen LogP contribution in [-0.4, -0.2) is 41.9 Å². The summed E-state index contributed by atoms with van der Waals surface area (Å²) in [5, 5.41) is 15.8. The zero-order chi connectivity index (χ0) is 20.2. The van der Waals surface area contributed by atoms with Gasteiger partial charge in [0.25, 0.3) is 5.91 Å². The van der Waals surface area contributed by atoms with Crippen LogP contribution >= 0.6 is 0 Å².